The van der Waals surface area contributed by atoms with Crippen LogP contribution >= 0.6 is 0 Å². The number of nitrogens with zero attached hydrogens (tertiary/aromatic N) is 2. The molecule has 7 nitrogen and oxygen atoms in total. The van der Waals surface area contributed by atoms with Gasteiger partial charge in [0.25, 0.3) is 0 Å². The molecule has 2 aliphatic carbocycles. The second-order valence-corrected chi connectivity index (χ2v) is 14.1. The highest BCUT2D eigenvalue weighted by atomic mass is 32.2. The first-order valence-electron chi connectivity index (χ1n) is 14.8. The van der Waals surface area contributed by atoms with Crippen LogP contribution in [0.15, 0.2) is 24.3 Å². The summed E-state index contributed by atoms with van der Waals surface area (Å²) in [5.74, 6) is 3.60. The van der Waals surface area contributed by atoms with Crippen molar-refractivity contribution >= 4 is 15.7 Å². The molecule has 37 heavy (non-hydrogen) atoms. The van der Waals surface area contributed by atoms with Crippen LogP contribution in [0.5, 0.6) is 5.75 Å². The van der Waals surface area contributed by atoms with Gasteiger partial charge < -0.3 is 19.9 Å². The van der Waals surface area contributed by atoms with Crippen LogP contribution in [-0.4, -0.2) is 83.4 Å². The molecular weight excluding hydrogens is 484 g/mol. The van der Waals surface area contributed by atoms with Crippen molar-refractivity contribution in [3.05, 3.63) is 24.3 Å². The Bertz CT molecular complexity index is 942. The zero-order valence-electron chi connectivity index (χ0n) is 22.8. The van der Waals surface area contributed by atoms with Crippen molar-refractivity contribution in [1.82, 2.24) is 15.1 Å². The summed E-state index contributed by atoms with van der Waals surface area (Å²) in [6, 6.07) is 7.05. The van der Waals surface area contributed by atoms with Gasteiger partial charge in [-0.3, -0.25) is 4.72 Å². The molecule has 2 saturated carbocycles. The lowest BCUT2D eigenvalue weighted by Crippen LogP contribution is -2.62. The van der Waals surface area contributed by atoms with Gasteiger partial charge in [-0.2, -0.15) is 0 Å². The minimum absolute atomic E-state index is 0.554. The van der Waals surface area contributed by atoms with Crippen LogP contribution in [-0.2, 0) is 10.0 Å². The Balaban J connectivity index is 0.932. The smallest absolute Gasteiger partial charge is 0.229 e. The van der Waals surface area contributed by atoms with Gasteiger partial charge in [0.1, 0.15) is 5.75 Å². The van der Waals surface area contributed by atoms with Crippen LogP contribution in [0, 0.1) is 23.2 Å². The normalized spacial score (nSPS) is 26.0. The highest BCUT2D eigenvalue weighted by molar-refractivity contribution is 7.92. The van der Waals surface area contributed by atoms with E-state index in [0.717, 1.165) is 49.3 Å². The second kappa shape index (κ2) is 12.2. The third-order valence-electron chi connectivity index (χ3n) is 9.29. The van der Waals surface area contributed by atoms with E-state index < -0.39 is 10.0 Å². The van der Waals surface area contributed by atoms with E-state index in [1.165, 1.54) is 90.6 Å². The molecule has 2 bridgehead atoms. The summed E-state index contributed by atoms with van der Waals surface area (Å²) >= 11 is 0. The lowest BCUT2D eigenvalue weighted by atomic mass is 9.60. The van der Waals surface area contributed by atoms with Crippen molar-refractivity contribution in [2.75, 3.05) is 69.9 Å². The summed E-state index contributed by atoms with van der Waals surface area (Å²) in [6.45, 7) is 10.8. The van der Waals surface area contributed by atoms with E-state index in [4.69, 9.17) is 4.74 Å². The first-order chi connectivity index (χ1) is 17.9. The zero-order chi connectivity index (χ0) is 25.7. The number of piperidine rings is 2. The molecule has 2 heterocycles. The monoisotopic (exact) mass is 532 g/mol. The van der Waals surface area contributed by atoms with E-state index in [1.54, 1.807) is 24.3 Å². The number of rotatable bonds is 14. The van der Waals surface area contributed by atoms with Crippen LogP contribution in [0.2, 0.25) is 0 Å². The van der Waals surface area contributed by atoms with Crippen LogP contribution < -0.4 is 14.8 Å². The SMILES string of the molecule is CS(=O)(=O)Nc1ccc(OCCCNCCCCN2CC3CN(CC4CC4)CC(C2)C32CCCC2)cc1. The van der Waals surface area contributed by atoms with Gasteiger partial charge >= 0.3 is 0 Å². The largest absolute Gasteiger partial charge is 0.494 e. The van der Waals surface area contributed by atoms with Gasteiger partial charge in [0.15, 0.2) is 0 Å². The van der Waals surface area contributed by atoms with Gasteiger partial charge in [-0.05, 0) is 112 Å². The molecular formula is C29H48N4O3S. The van der Waals surface area contributed by atoms with Crippen LogP contribution in [0.1, 0.15) is 57.8 Å². The van der Waals surface area contributed by atoms with E-state index in [2.05, 4.69) is 19.8 Å². The van der Waals surface area contributed by atoms with E-state index >= 15 is 0 Å². The van der Waals surface area contributed by atoms with E-state index in [1.807, 2.05) is 0 Å². The predicted octanol–water partition coefficient (Wildman–Crippen LogP) is 4.03. The van der Waals surface area contributed by atoms with Crippen molar-refractivity contribution in [2.24, 2.45) is 23.2 Å². The maximum atomic E-state index is 11.3. The summed E-state index contributed by atoms with van der Waals surface area (Å²) in [7, 11) is -3.25. The van der Waals surface area contributed by atoms with Crippen molar-refractivity contribution in [2.45, 2.75) is 57.8 Å². The number of ether oxygens (including phenoxy) is 1. The second-order valence-electron chi connectivity index (χ2n) is 12.3. The number of anilines is 1. The molecule has 5 rings (SSSR count). The average molecular weight is 533 g/mol. The molecule has 1 aromatic carbocycles. The lowest BCUT2D eigenvalue weighted by Gasteiger charge is -2.57. The summed E-state index contributed by atoms with van der Waals surface area (Å²) in [5, 5.41) is 3.57. The van der Waals surface area contributed by atoms with Crippen molar-refractivity contribution in [1.29, 1.82) is 0 Å². The Morgan fingerprint density at radius 2 is 1.57 bits per heavy atom. The molecule has 0 amide bonds. The van der Waals surface area contributed by atoms with Crippen molar-refractivity contribution in [3.8, 4) is 5.75 Å². The molecule has 1 spiro atoms. The maximum Gasteiger partial charge on any atom is 0.229 e. The molecule has 0 radical (unpaired) electrons. The predicted molar refractivity (Wildman–Crippen MR) is 151 cm³/mol. The number of unbranched alkanes of at least 4 members (excludes halogenated alkanes) is 1. The highest BCUT2D eigenvalue weighted by Crippen LogP contribution is 2.55. The molecule has 2 aliphatic heterocycles. The first kappa shape index (κ1) is 27.2. The third-order valence-corrected chi connectivity index (χ3v) is 9.90. The summed E-state index contributed by atoms with van der Waals surface area (Å²) < 4.78 is 30.8. The summed E-state index contributed by atoms with van der Waals surface area (Å²) in [6.07, 6.45) is 13.5. The van der Waals surface area contributed by atoms with Crippen molar-refractivity contribution in [3.63, 3.8) is 0 Å². The van der Waals surface area contributed by atoms with Gasteiger partial charge in [0, 0.05) is 38.4 Å². The Morgan fingerprint density at radius 3 is 2.22 bits per heavy atom. The van der Waals surface area contributed by atoms with Crippen molar-refractivity contribution < 1.29 is 13.2 Å². The Hall–Kier alpha value is -1.35. The van der Waals surface area contributed by atoms with E-state index in [9.17, 15) is 8.42 Å². The van der Waals surface area contributed by atoms with E-state index in [0.29, 0.717) is 17.7 Å². The number of hydrogen-bond acceptors (Lipinski definition) is 6. The number of sulfonamides is 1. The average Bonchev–Trinajstić information content (AvgIpc) is 3.53. The number of likely N-dealkylation sites (tertiary alicyclic amines) is 2. The molecule has 1 aromatic rings. The van der Waals surface area contributed by atoms with Gasteiger partial charge in [-0.25, -0.2) is 8.42 Å². The van der Waals surface area contributed by atoms with Gasteiger partial charge in [-0.15, -0.1) is 0 Å². The molecule has 208 valence electrons. The van der Waals surface area contributed by atoms with Gasteiger partial charge in [0.05, 0.1) is 12.9 Å². The third kappa shape index (κ3) is 7.61. The molecule has 8 heteroatoms. The molecule has 2 saturated heterocycles. The summed E-state index contributed by atoms with van der Waals surface area (Å²) in [5.41, 5.74) is 1.24. The molecule has 4 aliphatic rings. The molecule has 2 unspecified atom stereocenters. The minimum atomic E-state index is -3.25. The fraction of sp³-hybridized carbons (Fsp3) is 0.793. The van der Waals surface area contributed by atoms with Crippen LogP contribution in [0.25, 0.3) is 0 Å². The van der Waals surface area contributed by atoms with E-state index in [-0.39, 0.29) is 0 Å². The molecule has 4 fully saturated rings. The Kier molecular flexibility index (Phi) is 9.00. The number of hydrogen-bond donors (Lipinski definition) is 2. The Morgan fingerprint density at radius 1 is 0.919 bits per heavy atom. The number of nitrogens with one attached hydrogen (secondary N) is 2. The van der Waals surface area contributed by atoms with Gasteiger partial charge in [-0.1, -0.05) is 12.8 Å². The lowest BCUT2D eigenvalue weighted by molar-refractivity contribution is -0.0896. The highest BCUT2D eigenvalue weighted by Gasteiger charge is 2.54. The standard InChI is InChI=1S/C29H48N4O3S/c1-37(34,35)31-27-9-11-28(12-10-27)36-18-6-16-30-15-4-5-17-32-20-25-22-33(19-24-7-8-24)23-26(21-32)29(25)13-2-3-14-29/h9-12,24-26,30-31H,2-8,13-23H2,1H3. The maximum absolute atomic E-state index is 11.3. The first-order valence-corrected chi connectivity index (χ1v) is 16.6. The minimum Gasteiger partial charge on any atom is -0.494 e. The van der Waals surface area contributed by atoms with Crippen LogP contribution in [0.4, 0.5) is 5.69 Å². The summed E-state index contributed by atoms with van der Waals surface area (Å²) in [4.78, 5) is 5.67. The topological polar surface area (TPSA) is 73.9 Å². The fourth-order valence-corrected chi connectivity index (χ4v) is 7.91. The zero-order valence-corrected chi connectivity index (χ0v) is 23.6. The fourth-order valence-electron chi connectivity index (χ4n) is 7.35. The van der Waals surface area contributed by atoms with Gasteiger partial charge in [0.2, 0.25) is 10.0 Å². The molecule has 0 aromatic heterocycles. The quantitative estimate of drug-likeness (QED) is 0.353. The molecule has 2 N–H and O–H groups in total. The Labute approximate surface area is 224 Å². The molecule has 2 atom stereocenters. The number of benzene rings is 1. The van der Waals surface area contributed by atoms with Crippen LogP contribution in [0.3, 0.4) is 0 Å².